The van der Waals surface area contributed by atoms with Crippen LogP contribution in [0, 0.1) is 0 Å². The summed E-state index contributed by atoms with van der Waals surface area (Å²) in [6.45, 7) is 10.6. The fourth-order valence-corrected chi connectivity index (χ4v) is 2.03. The van der Waals surface area contributed by atoms with E-state index >= 15 is 0 Å². The summed E-state index contributed by atoms with van der Waals surface area (Å²) in [4.78, 5) is 0. The predicted molar refractivity (Wildman–Crippen MR) is 82.9 cm³/mol. The molecule has 0 amide bonds. The molecule has 0 saturated heterocycles. The smallest absolute Gasteiger partial charge is 0.120 e. The van der Waals surface area contributed by atoms with Crippen molar-refractivity contribution >= 4 is 0 Å². The first-order valence-corrected chi connectivity index (χ1v) is 7.56. The molecule has 0 aliphatic carbocycles. The Balaban J connectivity index is 2.47. The van der Waals surface area contributed by atoms with E-state index in [2.05, 4.69) is 57.3 Å². The van der Waals surface area contributed by atoms with E-state index in [0.29, 0.717) is 0 Å². The topological polar surface area (TPSA) is 21.3 Å². The van der Waals surface area contributed by atoms with Crippen LogP contribution in [0.4, 0.5) is 0 Å². The van der Waals surface area contributed by atoms with E-state index < -0.39 is 0 Å². The van der Waals surface area contributed by atoms with Crippen molar-refractivity contribution in [3.05, 3.63) is 29.8 Å². The molecule has 1 aromatic carbocycles. The lowest BCUT2D eigenvalue weighted by Gasteiger charge is -2.27. The van der Waals surface area contributed by atoms with Gasteiger partial charge in [-0.25, -0.2) is 0 Å². The minimum atomic E-state index is -0.167. The van der Waals surface area contributed by atoms with Gasteiger partial charge in [-0.2, -0.15) is 0 Å². The van der Waals surface area contributed by atoms with Gasteiger partial charge in [-0.3, -0.25) is 0 Å². The fourth-order valence-electron chi connectivity index (χ4n) is 2.03. The highest BCUT2D eigenvalue weighted by Crippen LogP contribution is 2.19. The van der Waals surface area contributed by atoms with Gasteiger partial charge in [-0.1, -0.05) is 32.4 Å². The lowest BCUT2D eigenvalue weighted by molar-refractivity contribution is 0.108. The average molecular weight is 263 g/mol. The molecule has 0 heterocycles. The van der Waals surface area contributed by atoms with Crippen LogP contribution in [0.25, 0.3) is 0 Å². The normalized spacial score (nSPS) is 11.6. The lowest BCUT2D eigenvalue weighted by atomic mass is 10.1. The largest absolute Gasteiger partial charge is 0.487 e. The molecule has 1 rings (SSSR count). The van der Waals surface area contributed by atoms with Crippen molar-refractivity contribution in [3.63, 3.8) is 0 Å². The van der Waals surface area contributed by atoms with Gasteiger partial charge in [0.2, 0.25) is 0 Å². The van der Waals surface area contributed by atoms with E-state index in [1.807, 2.05) is 0 Å². The number of nitrogens with one attached hydrogen (secondary N) is 1. The monoisotopic (exact) mass is 263 g/mol. The summed E-state index contributed by atoms with van der Waals surface area (Å²) in [7, 11) is 0. The molecule has 0 unspecified atom stereocenters. The summed E-state index contributed by atoms with van der Waals surface area (Å²) in [6, 6.07) is 8.54. The van der Waals surface area contributed by atoms with Crippen molar-refractivity contribution in [3.8, 4) is 5.75 Å². The van der Waals surface area contributed by atoms with Gasteiger partial charge in [0.1, 0.15) is 11.4 Å². The van der Waals surface area contributed by atoms with Crippen LogP contribution in [0.1, 0.15) is 52.5 Å². The Bertz CT molecular complexity index is 343. The fraction of sp³-hybridized carbons (Fsp3) is 0.647. The van der Waals surface area contributed by atoms with Crippen LogP contribution >= 0.6 is 0 Å². The Labute approximate surface area is 118 Å². The second kappa shape index (κ2) is 8.21. The molecule has 1 N–H and O–H groups in total. The molecule has 0 atom stereocenters. The van der Waals surface area contributed by atoms with Gasteiger partial charge in [0, 0.05) is 6.54 Å². The SMILES string of the molecule is CCCCc1ccc(OC(C)(C)CNCCC)cc1. The van der Waals surface area contributed by atoms with Crippen LogP contribution in [0.15, 0.2) is 24.3 Å². The van der Waals surface area contributed by atoms with E-state index in [1.54, 1.807) is 0 Å². The van der Waals surface area contributed by atoms with Crippen LogP contribution in [0.2, 0.25) is 0 Å². The molecule has 0 saturated carbocycles. The van der Waals surface area contributed by atoms with Crippen molar-refractivity contribution in [2.24, 2.45) is 0 Å². The summed E-state index contributed by atoms with van der Waals surface area (Å²) in [5.41, 5.74) is 1.23. The molecule has 2 heteroatoms. The van der Waals surface area contributed by atoms with Gasteiger partial charge in [0.05, 0.1) is 0 Å². The van der Waals surface area contributed by atoms with Crippen LogP contribution < -0.4 is 10.1 Å². The van der Waals surface area contributed by atoms with E-state index in [9.17, 15) is 0 Å². The zero-order valence-corrected chi connectivity index (χ0v) is 13.0. The van der Waals surface area contributed by atoms with Crippen molar-refractivity contribution in [2.45, 2.75) is 59.0 Å². The Morgan fingerprint density at radius 2 is 1.74 bits per heavy atom. The highest BCUT2D eigenvalue weighted by Gasteiger charge is 2.18. The molecule has 0 bridgehead atoms. The molecule has 0 radical (unpaired) electrons. The van der Waals surface area contributed by atoms with E-state index in [-0.39, 0.29) is 5.60 Å². The van der Waals surface area contributed by atoms with E-state index in [4.69, 9.17) is 4.74 Å². The van der Waals surface area contributed by atoms with Crippen molar-refractivity contribution < 1.29 is 4.74 Å². The Morgan fingerprint density at radius 1 is 1.05 bits per heavy atom. The van der Waals surface area contributed by atoms with E-state index in [1.165, 1.54) is 18.4 Å². The second-order valence-electron chi connectivity index (χ2n) is 5.79. The van der Waals surface area contributed by atoms with Crippen LogP contribution in [0.3, 0.4) is 0 Å². The number of hydrogen-bond donors (Lipinski definition) is 1. The van der Waals surface area contributed by atoms with Gasteiger partial charge < -0.3 is 10.1 Å². The van der Waals surface area contributed by atoms with Gasteiger partial charge in [-0.15, -0.1) is 0 Å². The highest BCUT2D eigenvalue weighted by molar-refractivity contribution is 5.27. The molecule has 0 fully saturated rings. The average Bonchev–Trinajstić information content (AvgIpc) is 2.38. The van der Waals surface area contributed by atoms with E-state index in [0.717, 1.165) is 31.7 Å². The molecule has 1 aromatic rings. The number of aryl methyl sites for hydroxylation is 1. The van der Waals surface area contributed by atoms with Crippen LogP contribution in [-0.2, 0) is 6.42 Å². The minimum Gasteiger partial charge on any atom is -0.487 e. The molecule has 0 spiro atoms. The maximum Gasteiger partial charge on any atom is 0.120 e. The minimum absolute atomic E-state index is 0.167. The summed E-state index contributed by atoms with van der Waals surface area (Å²) in [5.74, 6) is 0.962. The standard InChI is InChI=1S/C17H29NO/c1-5-7-8-15-9-11-16(12-10-15)19-17(3,4)14-18-13-6-2/h9-12,18H,5-8,13-14H2,1-4H3. The van der Waals surface area contributed by atoms with Gasteiger partial charge >= 0.3 is 0 Å². The second-order valence-corrected chi connectivity index (χ2v) is 5.79. The molecular formula is C17H29NO. The predicted octanol–water partition coefficient (Wildman–Crippen LogP) is 4.19. The molecule has 0 aliphatic heterocycles. The van der Waals surface area contributed by atoms with Crippen LogP contribution in [-0.4, -0.2) is 18.7 Å². The number of unbranched alkanes of at least 4 members (excludes halogenated alkanes) is 1. The molecule has 0 aromatic heterocycles. The van der Waals surface area contributed by atoms with Crippen molar-refractivity contribution in [2.75, 3.05) is 13.1 Å². The van der Waals surface area contributed by atoms with Crippen LogP contribution in [0.5, 0.6) is 5.75 Å². The Kier molecular flexibility index (Phi) is 6.93. The number of rotatable bonds is 9. The third kappa shape index (κ3) is 6.63. The summed E-state index contributed by atoms with van der Waals surface area (Å²) >= 11 is 0. The zero-order valence-electron chi connectivity index (χ0n) is 13.0. The number of benzene rings is 1. The first kappa shape index (κ1) is 16.0. The Morgan fingerprint density at radius 3 is 2.32 bits per heavy atom. The third-order valence-electron chi connectivity index (χ3n) is 3.11. The maximum atomic E-state index is 6.05. The molecule has 2 nitrogen and oxygen atoms in total. The zero-order chi connectivity index (χ0) is 14.1. The third-order valence-corrected chi connectivity index (χ3v) is 3.11. The van der Waals surface area contributed by atoms with Gasteiger partial charge in [0.25, 0.3) is 0 Å². The molecule has 19 heavy (non-hydrogen) atoms. The first-order chi connectivity index (χ1) is 9.07. The van der Waals surface area contributed by atoms with Gasteiger partial charge in [0.15, 0.2) is 0 Å². The highest BCUT2D eigenvalue weighted by atomic mass is 16.5. The quantitative estimate of drug-likeness (QED) is 0.675. The molecule has 108 valence electrons. The first-order valence-electron chi connectivity index (χ1n) is 7.56. The Hall–Kier alpha value is -1.02. The van der Waals surface area contributed by atoms with Gasteiger partial charge in [-0.05, 0) is 57.4 Å². The summed E-state index contributed by atoms with van der Waals surface area (Å²) in [6.07, 6.45) is 4.82. The molecular weight excluding hydrogens is 234 g/mol. The lowest BCUT2D eigenvalue weighted by Crippen LogP contribution is -2.40. The number of hydrogen-bond acceptors (Lipinski definition) is 2. The molecule has 0 aliphatic rings. The summed E-state index contributed by atoms with van der Waals surface area (Å²) < 4.78 is 6.05. The summed E-state index contributed by atoms with van der Waals surface area (Å²) in [5, 5.41) is 3.41. The maximum absolute atomic E-state index is 6.05. The van der Waals surface area contributed by atoms with Crippen molar-refractivity contribution in [1.29, 1.82) is 0 Å². The number of ether oxygens (including phenoxy) is 1. The van der Waals surface area contributed by atoms with Crippen molar-refractivity contribution in [1.82, 2.24) is 5.32 Å².